The number of carbonyl (C=O) groups excluding carboxylic acids is 3. The van der Waals surface area contributed by atoms with E-state index in [4.69, 9.17) is 4.74 Å². The van der Waals surface area contributed by atoms with Crippen LogP contribution in [0.5, 0.6) is 0 Å². The Morgan fingerprint density at radius 3 is 2.44 bits per heavy atom. The molecule has 0 saturated heterocycles. The molecule has 0 aromatic heterocycles. The molecule has 0 spiro atoms. The first-order chi connectivity index (χ1) is 14.8. The fourth-order valence-electron chi connectivity index (χ4n) is 7.87. The van der Waals surface area contributed by atoms with Gasteiger partial charge in [0.15, 0.2) is 5.78 Å². The highest BCUT2D eigenvalue weighted by atomic mass is 19.4. The Kier molecular flexibility index (Phi) is 5.53. The van der Waals surface area contributed by atoms with E-state index in [0.29, 0.717) is 25.2 Å². The first-order valence-electron chi connectivity index (χ1n) is 11.5. The molecular formula is C24H32F3NO4. The average Bonchev–Trinajstić information content (AvgIpc) is 2.97. The number of hydrogen-bond donors (Lipinski definition) is 0. The number of carbonyl (C=O) groups is 3. The highest BCUT2D eigenvalue weighted by Crippen LogP contribution is 2.66. The Bertz CT molecular complexity index is 868. The maximum Gasteiger partial charge on any atom is 0.471 e. The molecule has 4 aliphatic carbocycles. The van der Waals surface area contributed by atoms with Gasteiger partial charge in [-0.05, 0) is 73.2 Å². The fourth-order valence-corrected chi connectivity index (χ4v) is 7.87. The molecule has 3 fully saturated rings. The number of hydrogen-bond acceptors (Lipinski definition) is 4. The van der Waals surface area contributed by atoms with Crippen molar-refractivity contribution in [3.8, 4) is 0 Å². The zero-order valence-corrected chi connectivity index (χ0v) is 19.1. The number of likely N-dealkylation sites (N-methyl/N-ethyl adjacent to an activating group) is 1. The zero-order chi connectivity index (χ0) is 23.6. The van der Waals surface area contributed by atoms with E-state index in [2.05, 4.69) is 6.92 Å². The largest absolute Gasteiger partial charge is 0.471 e. The molecule has 0 aromatic rings. The normalized spacial score (nSPS) is 41.2. The lowest BCUT2D eigenvalue weighted by molar-refractivity contribution is -0.192. The van der Waals surface area contributed by atoms with Crippen LogP contribution in [0.15, 0.2) is 11.6 Å². The molecule has 0 bridgehead atoms. The van der Waals surface area contributed by atoms with Crippen molar-refractivity contribution in [3.05, 3.63) is 11.6 Å². The molecule has 0 aromatic carbocycles. The number of esters is 1. The predicted octanol–water partition coefficient (Wildman–Crippen LogP) is 4.45. The topological polar surface area (TPSA) is 63.7 Å². The van der Waals surface area contributed by atoms with Gasteiger partial charge in [-0.1, -0.05) is 19.4 Å². The van der Waals surface area contributed by atoms with Gasteiger partial charge < -0.3 is 9.64 Å². The van der Waals surface area contributed by atoms with Crippen molar-refractivity contribution >= 4 is 17.7 Å². The van der Waals surface area contributed by atoms with Gasteiger partial charge in [0.05, 0.1) is 6.04 Å². The van der Waals surface area contributed by atoms with Gasteiger partial charge in [0, 0.05) is 20.4 Å². The maximum atomic E-state index is 13.3. The summed E-state index contributed by atoms with van der Waals surface area (Å²) < 4.78 is 45.4. The molecule has 0 N–H and O–H groups in total. The van der Waals surface area contributed by atoms with E-state index in [1.165, 1.54) is 19.5 Å². The summed E-state index contributed by atoms with van der Waals surface area (Å²) in [6.07, 6.45) is 1.08. The SMILES string of the molecule is CC(=O)OC1C[C@H]2[C@@H]3CCC4=CC(=O)CC[C@]4(C)[C@@H]3CC[C@]2(C)C1N(C)C(=O)C(F)(F)F. The first kappa shape index (κ1) is 23.3. The van der Waals surface area contributed by atoms with Gasteiger partial charge in [-0.2, -0.15) is 13.2 Å². The second kappa shape index (κ2) is 7.59. The van der Waals surface area contributed by atoms with E-state index in [-0.39, 0.29) is 23.0 Å². The quantitative estimate of drug-likeness (QED) is 0.577. The summed E-state index contributed by atoms with van der Waals surface area (Å²) in [6, 6.07) is -0.816. The van der Waals surface area contributed by atoms with Crippen LogP contribution in [0.1, 0.15) is 65.7 Å². The van der Waals surface area contributed by atoms with Crippen LogP contribution in [0.4, 0.5) is 13.2 Å². The van der Waals surface area contributed by atoms with E-state index >= 15 is 0 Å². The molecule has 0 aliphatic heterocycles. The van der Waals surface area contributed by atoms with Gasteiger partial charge in [0.1, 0.15) is 6.10 Å². The number of allylic oxidation sites excluding steroid dienone is 1. The lowest BCUT2D eigenvalue weighted by Gasteiger charge is -2.58. The van der Waals surface area contributed by atoms with E-state index < -0.39 is 35.6 Å². The van der Waals surface area contributed by atoms with E-state index in [9.17, 15) is 27.6 Å². The molecule has 32 heavy (non-hydrogen) atoms. The van der Waals surface area contributed by atoms with E-state index in [1.54, 1.807) is 0 Å². The number of rotatable bonds is 2. The van der Waals surface area contributed by atoms with Gasteiger partial charge in [0.25, 0.3) is 0 Å². The minimum absolute atomic E-state index is 0.0510. The molecule has 178 valence electrons. The van der Waals surface area contributed by atoms with Gasteiger partial charge in [-0.3, -0.25) is 14.4 Å². The van der Waals surface area contributed by atoms with Crippen molar-refractivity contribution in [1.29, 1.82) is 0 Å². The second-order valence-electron chi connectivity index (χ2n) is 10.8. The minimum Gasteiger partial charge on any atom is -0.460 e. The number of nitrogens with zero attached hydrogens (tertiary/aromatic N) is 1. The van der Waals surface area contributed by atoms with Crippen molar-refractivity contribution in [2.24, 2.45) is 28.6 Å². The van der Waals surface area contributed by atoms with Gasteiger partial charge in [-0.25, -0.2) is 0 Å². The number of alkyl halides is 3. The predicted molar refractivity (Wildman–Crippen MR) is 110 cm³/mol. The first-order valence-corrected chi connectivity index (χ1v) is 11.5. The molecule has 8 heteroatoms. The van der Waals surface area contributed by atoms with Gasteiger partial charge in [-0.15, -0.1) is 0 Å². The van der Waals surface area contributed by atoms with Gasteiger partial charge in [0.2, 0.25) is 0 Å². The molecule has 7 atom stereocenters. The number of fused-ring (bicyclic) bond motifs is 5. The Morgan fingerprint density at radius 2 is 1.81 bits per heavy atom. The van der Waals surface area contributed by atoms with Crippen molar-refractivity contribution in [1.82, 2.24) is 4.90 Å². The van der Waals surface area contributed by atoms with Gasteiger partial charge >= 0.3 is 18.1 Å². The van der Waals surface area contributed by atoms with E-state index in [0.717, 1.165) is 30.6 Å². The molecule has 4 rings (SSSR count). The third-order valence-corrected chi connectivity index (χ3v) is 9.21. The van der Waals surface area contributed by atoms with Crippen LogP contribution in [0.3, 0.4) is 0 Å². The number of amides is 1. The number of ether oxygens (including phenoxy) is 1. The molecule has 0 heterocycles. The standard InChI is InChI=1S/C24H32F3NO4/c1-13(29)32-19-12-18-16-6-5-14-11-15(30)7-9-22(14,2)17(16)8-10-23(18,3)20(19)28(4)21(31)24(25,26)27/h11,16-20H,5-10,12H2,1-4H3/t16-,17-,18+,19?,20?,22+,23+/m1/s1. The van der Waals surface area contributed by atoms with Crippen LogP contribution < -0.4 is 0 Å². The molecule has 5 nitrogen and oxygen atoms in total. The highest BCUT2D eigenvalue weighted by molar-refractivity contribution is 5.91. The van der Waals surface area contributed by atoms with Crippen molar-refractivity contribution < 1.29 is 32.3 Å². The Morgan fingerprint density at radius 1 is 1.12 bits per heavy atom. The smallest absolute Gasteiger partial charge is 0.460 e. The Labute approximate surface area is 186 Å². The molecule has 2 unspecified atom stereocenters. The third kappa shape index (κ3) is 3.48. The summed E-state index contributed by atoms with van der Waals surface area (Å²) in [4.78, 5) is 36.8. The monoisotopic (exact) mass is 455 g/mol. The van der Waals surface area contributed by atoms with Crippen LogP contribution in [0.25, 0.3) is 0 Å². The summed E-state index contributed by atoms with van der Waals surface area (Å²) in [7, 11) is 1.19. The third-order valence-electron chi connectivity index (χ3n) is 9.21. The summed E-state index contributed by atoms with van der Waals surface area (Å²) in [5, 5.41) is 0. The fraction of sp³-hybridized carbons (Fsp3) is 0.792. The average molecular weight is 456 g/mol. The van der Waals surface area contributed by atoms with Crippen LogP contribution in [-0.4, -0.2) is 47.9 Å². The maximum absolute atomic E-state index is 13.3. The zero-order valence-electron chi connectivity index (χ0n) is 19.1. The van der Waals surface area contributed by atoms with Crippen LogP contribution in [0, 0.1) is 28.6 Å². The van der Waals surface area contributed by atoms with E-state index in [1.807, 2.05) is 13.0 Å². The summed E-state index contributed by atoms with van der Waals surface area (Å²) >= 11 is 0. The number of ketones is 1. The summed E-state index contributed by atoms with van der Waals surface area (Å²) in [5.74, 6) is -1.60. The Balaban J connectivity index is 1.69. The molecule has 0 radical (unpaired) electrons. The second-order valence-corrected chi connectivity index (χ2v) is 10.8. The minimum atomic E-state index is -4.98. The lowest BCUT2D eigenvalue weighted by atomic mass is 9.47. The molecular weight excluding hydrogens is 423 g/mol. The van der Waals surface area contributed by atoms with Crippen molar-refractivity contribution in [2.45, 2.75) is 84.0 Å². The lowest BCUT2D eigenvalue weighted by Crippen LogP contribution is -2.57. The van der Waals surface area contributed by atoms with Crippen LogP contribution in [0.2, 0.25) is 0 Å². The molecule has 1 amide bonds. The molecule has 4 aliphatic rings. The van der Waals surface area contributed by atoms with Crippen molar-refractivity contribution in [3.63, 3.8) is 0 Å². The highest BCUT2D eigenvalue weighted by Gasteiger charge is 2.64. The molecule has 3 saturated carbocycles. The summed E-state index contributed by atoms with van der Waals surface area (Å²) in [6.45, 7) is 5.47. The summed E-state index contributed by atoms with van der Waals surface area (Å²) in [5.41, 5.74) is 0.578. The number of halogens is 3. The van der Waals surface area contributed by atoms with Crippen molar-refractivity contribution in [2.75, 3.05) is 7.05 Å². The Hall–Kier alpha value is -1.86. The van der Waals surface area contributed by atoms with Crippen LogP contribution in [-0.2, 0) is 19.1 Å². The van der Waals surface area contributed by atoms with Crippen LogP contribution >= 0.6 is 0 Å².